The largest absolute Gasteiger partial charge is 0.480 e. The zero-order chi connectivity index (χ0) is 15.5. The summed E-state index contributed by atoms with van der Waals surface area (Å²) in [7, 11) is 0. The quantitative estimate of drug-likeness (QED) is 0.943. The van der Waals surface area contributed by atoms with E-state index in [2.05, 4.69) is 4.98 Å². The molecule has 3 rings (SSSR count). The first kappa shape index (κ1) is 14.5. The maximum atomic E-state index is 12.5. The number of benzene rings is 1. The van der Waals surface area contributed by atoms with Crippen LogP contribution < -0.4 is 0 Å². The number of para-hydroxylation sites is 1. The van der Waals surface area contributed by atoms with Crippen molar-refractivity contribution in [2.45, 2.75) is 31.7 Å². The third-order valence-corrected chi connectivity index (χ3v) is 4.11. The lowest BCUT2D eigenvalue weighted by molar-refractivity contribution is -0.151. The highest BCUT2D eigenvalue weighted by molar-refractivity contribution is 5.86. The Hall–Kier alpha value is -2.43. The average molecular weight is 298 g/mol. The van der Waals surface area contributed by atoms with Gasteiger partial charge in [-0.25, -0.2) is 4.79 Å². The molecule has 0 radical (unpaired) electrons. The van der Waals surface area contributed by atoms with E-state index in [4.69, 9.17) is 0 Å². The van der Waals surface area contributed by atoms with Crippen LogP contribution in [0.1, 0.15) is 24.8 Å². The second-order valence-electron chi connectivity index (χ2n) is 5.65. The molecule has 1 N–H and O–H groups in total. The molecule has 0 bridgehead atoms. The van der Waals surface area contributed by atoms with Gasteiger partial charge in [0.15, 0.2) is 0 Å². The van der Waals surface area contributed by atoms with E-state index in [0.29, 0.717) is 13.0 Å². The molecule has 2 aromatic rings. The molecular formula is C17H18N2O3. The molecule has 1 saturated heterocycles. The molecule has 1 fully saturated rings. The molecule has 1 aliphatic heterocycles. The molecular weight excluding hydrogens is 280 g/mol. The van der Waals surface area contributed by atoms with E-state index in [-0.39, 0.29) is 12.3 Å². The zero-order valence-electron chi connectivity index (χ0n) is 12.2. The van der Waals surface area contributed by atoms with Crippen LogP contribution >= 0.6 is 0 Å². The van der Waals surface area contributed by atoms with Crippen LogP contribution in [0.25, 0.3) is 10.9 Å². The summed E-state index contributed by atoms with van der Waals surface area (Å²) in [4.78, 5) is 29.6. The van der Waals surface area contributed by atoms with E-state index in [1.807, 2.05) is 30.3 Å². The number of likely N-dealkylation sites (tertiary alicyclic amines) is 1. The molecule has 1 atom stereocenters. The Kier molecular flexibility index (Phi) is 4.04. The van der Waals surface area contributed by atoms with Crippen molar-refractivity contribution in [3.63, 3.8) is 0 Å². The summed E-state index contributed by atoms with van der Waals surface area (Å²) >= 11 is 0. The van der Waals surface area contributed by atoms with E-state index >= 15 is 0 Å². The first-order valence-electron chi connectivity index (χ1n) is 7.51. The Morgan fingerprint density at radius 2 is 2.09 bits per heavy atom. The van der Waals surface area contributed by atoms with E-state index in [1.165, 1.54) is 4.90 Å². The molecule has 1 aromatic heterocycles. The van der Waals surface area contributed by atoms with Gasteiger partial charge in [-0.15, -0.1) is 0 Å². The first-order valence-corrected chi connectivity index (χ1v) is 7.51. The van der Waals surface area contributed by atoms with Crippen molar-refractivity contribution in [2.24, 2.45) is 0 Å². The fourth-order valence-corrected chi connectivity index (χ4v) is 2.98. The first-order chi connectivity index (χ1) is 10.6. The molecule has 0 spiro atoms. The molecule has 1 aromatic carbocycles. The Labute approximate surface area is 128 Å². The number of aromatic nitrogens is 1. The number of hydrogen-bond donors (Lipinski definition) is 1. The Morgan fingerprint density at radius 3 is 2.91 bits per heavy atom. The van der Waals surface area contributed by atoms with Gasteiger partial charge < -0.3 is 10.0 Å². The maximum Gasteiger partial charge on any atom is 0.326 e. The van der Waals surface area contributed by atoms with Crippen LogP contribution in [-0.4, -0.2) is 39.5 Å². The number of carboxylic acids is 1. The zero-order valence-corrected chi connectivity index (χ0v) is 12.2. The monoisotopic (exact) mass is 298 g/mol. The van der Waals surface area contributed by atoms with Gasteiger partial charge in [-0.1, -0.05) is 18.2 Å². The van der Waals surface area contributed by atoms with Crippen molar-refractivity contribution >= 4 is 22.8 Å². The molecule has 22 heavy (non-hydrogen) atoms. The van der Waals surface area contributed by atoms with Gasteiger partial charge in [0, 0.05) is 18.1 Å². The van der Waals surface area contributed by atoms with Crippen LogP contribution in [-0.2, 0) is 16.0 Å². The van der Waals surface area contributed by atoms with Gasteiger partial charge in [0.2, 0.25) is 5.91 Å². The highest BCUT2D eigenvalue weighted by Crippen LogP contribution is 2.19. The lowest BCUT2D eigenvalue weighted by Gasteiger charge is -2.33. The number of rotatable bonds is 3. The number of fused-ring (bicyclic) bond motifs is 1. The summed E-state index contributed by atoms with van der Waals surface area (Å²) in [6.45, 7) is 0.525. The standard InChI is InChI=1S/C17H18N2O3/c20-16(19-8-4-3-7-15(19)17(21)22)10-12-9-13-5-1-2-6-14(13)18-11-12/h1-2,5-6,9,11,15H,3-4,7-8,10H2,(H,21,22). The average Bonchev–Trinajstić information content (AvgIpc) is 2.54. The third kappa shape index (κ3) is 2.93. The summed E-state index contributed by atoms with van der Waals surface area (Å²) in [6.07, 6.45) is 4.16. The minimum atomic E-state index is -0.912. The number of carboxylic acid groups (broad SMARTS) is 1. The van der Waals surface area contributed by atoms with Crippen molar-refractivity contribution in [1.82, 2.24) is 9.88 Å². The van der Waals surface area contributed by atoms with E-state index in [0.717, 1.165) is 29.3 Å². The highest BCUT2D eigenvalue weighted by atomic mass is 16.4. The predicted molar refractivity (Wildman–Crippen MR) is 82.4 cm³/mol. The molecule has 5 heteroatoms. The smallest absolute Gasteiger partial charge is 0.326 e. The molecule has 1 aliphatic rings. The van der Waals surface area contributed by atoms with Crippen LogP contribution in [0.2, 0.25) is 0 Å². The van der Waals surface area contributed by atoms with E-state index in [1.54, 1.807) is 6.20 Å². The topological polar surface area (TPSA) is 70.5 Å². The number of amides is 1. The third-order valence-electron chi connectivity index (χ3n) is 4.11. The number of aliphatic carboxylic acids is 1. The van der Waals surface area contributed by atoms with Gasteiger partial charge >= 0.3 is 5.97 Å². The van der Waals surface area contributed by atoms with Gasteiger partial charge in [-0.2, -0.15) is 0 Å². The van der Waals surface area contributed by atoms with Crippen molar-refractivity contribution in [3.05, 3.63) is 42.1 Å². The summed E-state index contributed by atoms with van der Waals surface area (Å²) in [6, 6.07) is 8.99. The van der Waals surface area contributed by atoms with Gasteiger partial charge in [-0.3, -0.25) is 9.78 Å². The normalized spacial score (nSPS) is 18.4. The SMILES string of the molecule is O=C(O)C1CCCCN1C(=O)Cc1cnc2ccccc2c1. The van der Waals surface area contributed by atoms with E-state index < -0.39 is 12.0 Å². The van der Waals surface area contributed by atoms with Crippen LogP contribution in [0, 0.1) is 0 Å². The summed E-state index contributed by atoms with van der Waals surface area (Å²) in [5.74, 6) is -1.05. The fraction of sp³-hybridized carbons (Fsp3) is 0.353. The van der Waals surface area contributed by atoms with Gasteiger partial charge in [0.05, 0.1) is 11.9 Å². The minimum Gasteiger partial charge on any atom is -0.480 e. The number of carbonyl (C=O) groups is 2. The molecule has 0 saturated carbocycles. The van der Waals surface area contributed by atoms with Crippen LogP contribution in [0.3, 0.4) is 0 Å². The van der Waals surface area contributed by atoms with E-state index in [9.17, 15) is 14.7 Å². The van der Waals surface area contributed by atoms with Gasteiger partial charge in [-0.05, 0) is 37.0 Å². The second kappa shape index (κ2) is 6.13. The predicted octanol–water partition coefficient (Wildman–Crippen LogP) is 2.24. The molecule has 2 heterocycles. The maximum absolute atomic E-state index is 12.5. The summed E-state index contributed by atoms with van der Waals surface area (Å²) < 4.78 is 0. The van der Waals surface area contributed by atoms with Gasteiger partial charge in [0.25, 0.3) is 0 Å². The number of hydrogen-bond acceptors (Lipinski definition) is 3. The molecule has 5 nitrogen and oxygen atoms in total. The van der Waals surface area contributed by atoms with Crippen LogP contribution in [0.4, 0.5) is 0 Å². The van der Waals surface area contributed by atoms with Crippen LogP contribution in [0.15, 0.2) is 36.5 Å². The lowest BCUT2D eigenvalue weighted by atomic mass is 10.0. The minimum absolute atomic E-state index is 0.135. The Morgan fingerprint density at radius 1 is 1.27 bits per heavy atom. The van der Waals surface area contributed by atoms with Crippen LogP contribution in [0.5, 0.6) is 0 Å². The molecule has 1 unspecified atom stereocenters. The number of carbonyl (C=O) groups excluding carboxylic acids is 1. The molecule has 1 amide bonds. The number of pyridine rings is 1. The van der Waals surface area contributed by atoms with Crippen molar-refractivity contribution in [3.8, 4) is 0 Å². The molecule has 114 valence electrons. The van der Waals surface area contributed by atoms with Crippen molar-refractivity contribution in [2.75, 3.05) is 6.54 Å². The number of nitrogens with zero attached hydrogens (tertiary/aromatic N) is 2. The highest BCUT2D eigenvalue weighted by Gasteiger charge is 2.31. The molecule has 0 aliphatic carbocycles. The number of piperidine rings is 1. The fourth-order valence-electron chi connectivity index (χ4n) is 2.98. The summed E-state index contributed by atoms with van der Waals surface area (Å²) in [5.41, 5.74) is 1.71. The Balaban J connectivity index is 1.78. The van der Waals surface area contributed by atoms with Crippen molar-refractivity contribution < 1.29 is 14.7 Å². The van der Waals surface area contributed by atoms with Gasteiger partial charge in [0.1, 0.15) is 6.04 Å². The van der Waals surface area contributed by atoms with Crippen molar-refractivity contribution in [1.29, 1.82) is 0 Å². The second-order valence-corrected chi connectivity index (χ2v) is 5.65. The Bertz CT molecular complexity index is 714. The summed E-state index contributed by atoms with van der Waals surface area (Å²) in [5, 5.41) is 10.2. The lowest BCUT2D eigenvalue weighted by Crippen LogP contribution is -2.48.